The summed E-state index contributed by atoms with van der Waals surface area (Å²) in [6.45, 7) is 2.00. The maximum absolute atomic E-state index is 13.4. The Labute approximate surface area is 260 Å². The number of hydrogen-bond acceptors (Lipinski definition) is 7. The number of aromatic nitrogens is 5. The molecule has 0 radical (unpaired) electrons. The summed E-state index contributed by atoms with van der Waals surface area (Å²) in [6, 6.07) is 20.6. The molecule has 1 saturated heterocycles. The number of nitrogens with zero attached hydrogens (tertiary/aromatic N) is 6. The number of carbonyl (C=O) groups excluding carboxylic acids is 1. The fourth-order valence-corrected chi connectivity index (χ4v) is 5.00. The van der Waals surface area contributed by atoms with Gasteiger partial charge < -0.3 is 20.3 Å². The number of rotatable bonds is 7. The van der Waals surface area contributed by atoms with Crippen LogP contribution in [0.2, 0.25) is 0 Å². The highest BCUT2D eigenvalue weighted by molar-refractivity contribution is 6.02. The molecule has 0 bridgehead atoms. The van der Waals surface area contributed by atoms with E-state index in [1.807, 2.05) is 24.4 Å². The van der Waals surface area contributed by atoms with Gasteiger partial charge in [-0.1, -0.05) is 48.5 Å². The van der Waals surface area contributed by atoms with Gasteiger partial charge in [0.05, 0.1) is 35.5 Å². The van der Waals surface area contributed by atoms with Crippen molar-refractivity contribution in [3.05, 3.63) is 109 Å². The molecule has 1 aliphatic rings. The number of amides is 2. The van der Waals surface area contributed by atoms with E-state index in [2.05, 4.69) is 30.6 Å². The van der Waals surface area contributed by atoms with Crippen molar-refractivity contribution in [1.82, 2.24) is 24.6 Å². The van der Waals surface area contributed by atoms with Crippen LogP contribution in [0, 0.1) is 0 Å². The van der Waals surface area contributed by atoms with Gasteiger partial charge in [0.15, 0.2) is 5.65 Å². The van der Waals surface area contributed by atoms with Gasteiger partial charge in [0.1, 0.15) is 11.6 Å². The molecule has 10 nitrogen and oxygen atoms in total. The third kappa shape index (κ3) is 6.02. The Balaban J connectivity index is 1.01. The van der Waals surface area contributed by atoms with Gasteiger partial charge in [-0.25, -0.2) is 24.3 Å². The van der Waals surface area contributed by atoms with Crippen molar-refractivity contribution >= 4 is 28.9 Å². The summed E-state index contributed by atoms with van der Waals surface area (Å²) >= 11 is 0. The topological polar surface area (TPSA) is 110 Å². The van der Waals surface area contributed by atoms with E-state index in [4.69, 9.17) is 9.72 Å². The van der Waals surface area contributed by atoms with Gasteiger partial charge in [-0.2, -0.15) is 18.3 Å². The van der Waals surface area contributed by atoms with Crippen molar-refractivity contribution in [3.63, 3.8) is 0 Å². The molecule has 13 heteroatoms. The highest BCUT2D eigenvalue weighted by Gasteiger charge is 2.31. The highest BCUT2D eigenvalue weighted by atomic mass is 19.4. The quantitative estimate of drug-likeness (QED) is 0.190. The molecule has 0 aliphatic carbocycles. The molecule has 2 amide bonds. The Morgan fingerprint density at radius 3 is 2.26 bits per heavy atom. The van der Waals surface area contributed by atoms with Gasteiger partial charge in [0, 0.05) is 30.4 Å². The lowest BCUT2D eigenvalue weighted by Gasteiger charge is -2.31. The molecule has 1 fully saturated rings. The molecule has 0 unspecified atom stereocenters. The van der Waals surface area contributed by atoms with Crippen molar-refractivity contribution in [2.24, 2.45) is 0 Å². The van der Waals surface area contributed by atoms with E-state index in [9.17, 15) is 18.0 Å². The van der Waals surface area contributed by atoms with Crippen LogP contribution >= 0.6 is 0 Å². The van der Waals surface area contributed by atoms with Crippen molar-refractivity contribution in [3.8, 4) is 34.0 Å². The van der Waals surface area contributed by atoms with Gasteiger partial charge in [0.25, 0.3) is 0 Å². The Bertz CT molecular complexity index is 2010. The minimum absolute atomic E-state index is 0.000622. The molecule has 2 N–H and O–H groups in total. The molecule has 4 heterocycles. The summed E-state index contributed by atoms with van der Waals surface area (Å²) < 4.78 is 47.7. The molecule has 1 aliphatic heterocycles. The molecule has 46 heavy (non-hydrogen) atoms. The van der Waals surface area contributed by atoms with E-state index in [1.54, 1.807) is 53.2 Å². The number of anilines is 3. The summed E-state index contributed by atoms with van der Waals surface area (Å²) in [5, 5.41) is 9.48. The van der Waals surface area contributed by atoms with E-state index >= 15 is 0 Å². The summed E-state index contributed by atoms with van der Waals surface area (Å²) in [7, 11) is 0. The molecule has 3 aromatic carbocycles. The first-order valence-corrected chi connectivity index (χ1v) is 14.3. The molecule has 6 aromatic rings. The van der Waals surface area contributed by atoms with Crippen molar-refractivity contribution < 1.29 is 22.7 Å². The summed E-state index contributed by atoms with van der Waals surface area (Å²) in [5.41, 5.74) is 2.98. The SMILES string of the molecule is O=C(Nc1cnc(Oc2ccc(-c3cnn4ccc(N5CCC5)nc34)cc2)nc1)Nc1cc(C(F)(F)F)ccc1-c1ccccc1. The zero-order valence-electron chi connectivity index (χ0n) is 24.1. The van der Waals surface area contributed by atoms with E-state index in [1.165, 1.54) is 18.5 Å². The Morgan fingerprint density at radius 2 is 1.57 bits per heavy atom. The van der Waals surface area contributed by atoms with Crippen molar-refractivity contribution in [1.29, 1.82) is 0 Å². The number of hydrogen-bond donors (Lipinski definition) is 2. The number of alkyl halides is 3. The number of nitrogens with one attached hydrogen (secondary N) is 2. The first-order chi connectivity index (χ1) is 22.3. The third-order valence-electron chi connectivity index (χ3n) is 7.47. The second-order valence-corrected chi connectivity index (χ2v) is 10.5. The standard InChI is InChI=1S/C33H25F3N8O2/c34-33(35,36)23-9-12-26(21-5-2-1-3-6-21)28(17-23)41-31(45)40-24-18-37-32(38-19-24)46-25-10-7-22(8-11-25)27-20-39-44-16-13-29(42-30(27)44)43-14-4-15-43/h1-3,5-13,16-20H,4,14-15H2,(H2,40,41,45). The number of ether oxygens (including phenoxy) is 1. The minimum Gasteiger partial charge on any atom is -0.424 e. The molecule has 3 aromatic heterocycles. The predicted molar refractivity (Wildman–Crippen MR) is 167 cm³/mol. The predicted octanol–water partition coefficient (Wildman–Crippen LogP) is 7.52. The van der Waals surface area contributed by atoms with Gasteiger partial charge in [0.2, 0.25) is 0 Å². The molecule has 0 spiro atoms. The number of carbonyl (C=O) groups is 1. The lowest BCUT2D eigenvalue weighted by molar-refractivity contribution is -0.137. The van der Waals surface area contributed by atoms with Gasteiger partial charge in [-0.15, -0.1) is 0 Å². The van der Waals surface area contributed by atoms with E-state index in [0.29, 0.717) is 16.9 Å². The van der Waals surface area contributed by atoms with Crippen LogP contribution in [0.5, 0.6) is 11.8 Å². The number of benzene rings is 3. The molecule has 7 rings (SSSR count). The minimum atomic E-state index is -4.57. The average molecular weight is 623 g/mol. The average Bonchev–Trinajstić information content (AvgIpc) is 3.45. The molecular formula is C33H25F3N8O2. The van der Waals surface area contributed by atoms with Gasteiger partial charge in [-0.05, 0) is 47.9 Å². The first kappa shape index (κ1) is 28.8. The van der Waals surface area contributed by atoms with Crippen LogP contribution in [-0.2, 0) is 6.18 Å². The zero-order chi connectivity index (χ0) is 31.7. The monoisotopic (exact) mass is 622 g/mol. The Kier molecular flexibility index (Phi) is 7.41. The lowest BCUT2D eigenvalue weighted by Crippen LogP contribution is -2.37. The van der Waals surface area contributed by atoms with Crippen LogP contribution < -0.4 is 20.3 Å². The van der Waals surface area contributed by atoms with Crippen LogP contribution in [0.3, 0.4) is 0 Å². The van der Waals surface area contributed by atoms with Crippen LogP contribution in [0.15, 0.2) is 104 Å². The smallest absolute Gasteiger partial charge is 0.416 e. The normalized spacial score (nSPS) is 12.9. The van der Waals surface area contributed by atoms with Gasteiger partial charge >= 0.3 is 18.2 Å². The maximum atomic E-state index is 13.4. The lowest BCUT2D eigenvalue weighted by atomic mass is 10.0. The number of urea groups is 1. The fraction of sp³-hybridized carbons (Fsp3) is 0.121. The molecule has 0 saturated carbocycles. The van der Waals surface area contributed by atoms with E-state index in [0.717, 1.165) is 54.2 Å². The largest absolute Gasteiger partial charge is 0.424 e. The van der Waals surface area contributed by atoms with E-state index in [-0.39, 0.29) is 17.4 Å². The second kappa shape index (κ2) is 11.8. The fourth-order valence-electron chi connectivity index (χ4n) is 5.00. The van der Waals surface area contributed by atoms with Crippen molar-refractivity contribution in [2.45, 2.75) is 12.6 Å². The summed E-state index contributed by atoms with van der Waals surface area (Å²) in [4.78, 5) is 28.1. The Morgan fingerprint density at radius 1 is 0.826 bits per heavy atom. The van der Waals surface area contributed by atoms with Crippen molar-refractivity contribution in [2.75, 3.05) is 28.6 Å². The van der Waals surface area contributed by atoms with Gasteiger partial charge in [-0.3, -0.25) is 0 Å². The van der Waals surface area contributed by atoms with Crippen LogP contribution in [-0.4, -0.2) is 43.7 Å². The van der Waals surface area contributed by atoms with Crippen LogP contribution in [0.1, 0.15) is 12.0 Å². The number of fused-ring (bicyclic) bond motifs is 1. The molecule has 0 atom stereocenters. The van der Waals surface area contributed by atoms with Crippen LogP contribution in [0.4, 0.5) is 35.2 Å². The Hall–Kier alpha value is -5.98. The van der Waals surface area contributed by atoms with E-state index < -0.39 is 17.8 Å². The van der Waals surface area contributed by atoms with Crippen LogP contribution in [0.25, 0.3) is 27.9 Å². The zero-order valence-corrected chi connectivity index (χ0v) is 24.1. The summed E-state index contributed by atoms with van der Waals surface area (Å²) in [5.74, 6) is 1.42. The summed E-state index contributed by atoms with van der Waals surface area (Å²) in [6.07, 6.45) is 2.94. The molecule has 230 valence electrons. The maximum Gasteiger partial charge on any atom is 0.416 e. The third-order valence-corrected chi connectivity index (χ3v) is 7.47. The highest BCUT2D eigenvalue weighted by Crippen LogP contribution is 2.36. The first-order valence-electron chi connectivity index (χ1n) is 14.3. The molecular weight excluding hydrogens is 597 g/mol. The second-order valence-electron chi connectivity index (χ2n) is 10.5. The number of halogens is 3.